The zero-order valence-electron chi connectivity index (χ0n) is 17.6. The van der Waals surface area contributed by atoms with Gasteiger partial charge in [0, 0.05) is 28.1 Å². The van der Waals surface area contributed by atoms with Crippen LogP contribution in [0.2, 0.25) is 5.02 Å². The summed E-state index contributed by atoms with van der Waals surface area (Å²) in [4.78, 5) is -0.162. The third-order valence-electron chi connectivity index (χ3n) is 5.27. The predicted molar refractivity (Wildman–Crippen MR) is 120 cm³/mol. The van der Waals surface area contributed by atoms with Gasteiger partial charge in [-0.2, -0.15) is 0 Å². The first-order chi connectivity index (χ1) is 14.3. The number of nitrogens with two attached hydrogens (primary N) is 1. The minimum absolute atomic E-state index is 0.0905. The number of rotatable bonds is 6. The molecular weight excluding hydrogens is 443 g/mol. The van der Waals surface area contributed by atoms with E-state index < -0.39 is 15.7 Å². The van der Waals surface area contributed by atoms with E-state index in [0.717, 1.165) is 5.56 Å². The van der Waals surface area contributed by atoms with Crippen molar-refractivity contribution in [3.63, 3.8) is 0 Å². The fourth-order valence-electron chi connectivity index (χ4n) is 3.49. The van der Waals surface area contributed by atoms with Crippen LogP contribution in [0.5, 0.6) is 0 Å². The van der Waals surface area contributed by atoms with E-state index in [-0.39, 0.29) is 39.1 Å². The Morgan fingerprint density at radius 2 is 2.00 bits per heavy atom. The highest BCUT2D eigenvalue weighted by atomic mass is 35.5. The molecule has 0 saturated carbocycles. The molecule has 168 valence electrons. The van der Waals surface area contributed by atoms with Crippen LogP contribution in [0.4, 0.5) is 10.1 Å². The molecule has 0 aromatic heterocycles. The number of hydrogen-bond donors (Lipinski definition) is 5. The van der Waals surface area contributed by atoms with Crippen LogP contribution in [0.1, 0.15) is 49.4 Å². The van der Waals surface area contributed by atoms with Gasteiger partial charge >= 0.3 is 0 Å². The number of sulfonamides is 1. The van der Waals surface area contributed by atoms with Crippen molar-refractivity contribution in [3.8, 4) is 0 Å². The highest BCUT2D eigenvalue weighted by molar-refractivity contribution is 7.89. The van der Waals surface area contributed by atoms with Gasteiger partial charge in [-0.3, -0.25) is 4.72 Å². The van der Waals surface area contributed by atoms with Gasteiger partial charge in [0.25, 0.3) is 10.0 Å². The fraction of sp³-hybridized carbons (Fsp3) is 0.333. The SMILES string of the molecule is CNC(C)c1ccc(F)c2c1NC(NS(=O)(=O)c1cc(Cl)cc(C(C)(N)O)c1)=CC2C. The lowest BCUT2D eigenvalue weighted by Gasteiger charge is -2.29. The maximum absolute atomic E-state index is 14.5. The smallest absolute Gasteiger partial charge is 0.263 e. The number of hydrogen-bond acceptors (Lipinski definition) is 6. The van der Waals surface area contributed by atoms with Crippen LogP contribution >= 0.6 is 11.6 Å². The van der Waals surface area contributed by atoms with Crippen LogP contribution in [0, 0.1) is 5.82 Å². The molecule has 0 spiro atoms. The zero-order valence-corrected chi connectivity index (χ0v) is 19.2. The Kier molecular flexibility index (Phi) is 6.37. The molecule has 7 nitrogen and oxygen atoms in total. The van der Waals surface area contributed by atoms with Crippen LogP contribution in [0.15, 0.2) is 47.1 Å². The summed E-state index contributed by atoms with van der Waals surface area (Å²) in [5.41, 5.74) is 5.86. The van der Waals surface area contributed by atoms with Gasteiger partial charge in [-0.1, -0.05) is 24.6 Å². The maximum atomic E-state index is 14.5. The summed E-state index contributed by atoms with van der Waals surface area (Å²) in [6.45, 7) is 5.04. The number of fused-ring (bicyclic) bond motifs is 1. The first-order valence-electron chi connectivity index (χ1n) is 9.67. The Labute approximate surface area is 186 Å². The van der Waals surface area contributed by atoms with Crippen molar-refractivity contribution in [1.29, 1.82) is 0 Å². The van der Waals surface area contributed by atoms with Gasteiger partial charge in [-0.05, 0) is 56.8 Å². The lowest BCUT2D eigenvalue weighted by atomic mass is 9.91. The second kappa shape index (κ2) is 8.40. The van der Waals surface area contributed by atoms with E-state index in [0.29, 0.717) is 11.3 Å². The first kappa shape index (κ1) is 23.5. The number of aliphatic hydroxyl groups is 1. The van der Waals surface area contributed by atoms with Crippen molar-refractivity contribution in [1.82, 2.24) is 10.0 Å². The molecule has 0 bridgehead atoms. The average Bonchev–Trinajstić information content (AvgIpc) is 2.65. The van der Waals surface area contributed by atoms with Gasteiger partial charge in [0.15, 0.2) is 0 Å². The van der Waals surface area contributed by atoms with Gasteiger partial charge in [-0.25, -0.2) is 12.8 Å². The lowest BCUT2D eigenvalue weighted by Crippen LogP contribution is -2.33. The van der Waals surface area contributed by atoms with Gasteiger partial charge in [0.1, 0.15) is 17.4 Å². The van der Waals surface area contributed by atoms with Crippen molar-refractivity contribution < 1.29 is 17.9 Å². The zero-order chi connectivity index (χ0) is 23.1. The van der Waals surface area contributed by atoms with Gasteiger partial charge in [-0.15, -0.1) is 0 Å². The molecule has 3 rings (SSSR count). The van der Waals surface area contributed by atoms with Crippen molar-refractivity contribution in [3.05, 3.63) is 69.8 Å². The first-order valence-corrected chi connectivity index (χ1v) is 11.5. The molecule has 3 unspecified atom stereocenters. The highest BCUT2D eigenvalue weighted by Crippen LogP contribution is 2.38. The van der Waals surface area contributed by atoms with Crippen molar-refractivity contribution in [2.45, 2.75) is 43.4 Å². The molecule has 0 radical (unpaired) electrons. The third-order valence-corrected chi connectivity index (χ3v) is 6.83. The number of allylic oxidation sites excluding steroid dienone is 1. The molecule has 1 aliphatic heterocycles. The molecule has 0 fully saturated rings. The van der Waals surface area contributed by atoms with Crippen molar-refractivity contribution in [2.75, 3.05) is 12.4 Å². The second-order valence-electron chi connectivity index (χ2n) is 7.86. The Morgan fingerprint density at radius 3 is 2.61 bits per heavy atom. The normalized spacial score (nSPS) is 19.0. The summed E-state index contributed by atoms with van der Waals surface area (Å²) >= 11 is 6.05. The molecule has 2 aromatic carbocycles. The summed E-state index contributed by atoms with van der Waals surface area (Å²) in [5, 5.41) is 16.3. The summed E-state index contributed by atoms with van der Waals surface area (Å²) < 4.78 is 43.1. The van der Waals surface area contributed by atoms with E-state index in [4.69, 9.17) is 17.3 Å². The molecular formula is C21H26ClFN4O3S. The van der Waals surface area contributed by atoms with E-state index in [1.165, 1.54) is 31.2 Å². The minimum atomic E-state index is -4.08. The second-order valence-corrected chi connectivity index (χ2v) is 9.98. The molecule has 3 atom stereocenters. The lowest BCUT2D eigenvalue weighted by molar-refractivity contribution is 0.0645. The summed E-state index contributed by atoms with van der Waals surface area (Å²) in [7, 11) is -2.29. The third kappa shape index (κ3) is 4.86. The van der Waals surface area contributed by atoms with E-state index in [1.54, 1.807) is 26.1 Å². The van der Waals surface area contributed by atoms with E-state index in [1.807, 2.05) is 6.92 Å². The van der Waals surface area contributed by atoms with Crippen LogP contribution in [0.25, 0.3) is 0 Å². The van der Waals surface area contributed by atoms with Crippen LogP contribution < -0.4 is 21.1 Å². The molecule has 31 heavy (non-hydrogen) atoms. The Hall–Kier alpha value is -2.17. The summed E-state index contributed by atoms with van der Waals surface area (Å²) in [6, 6.07) is 6.89. The van der Waals surface area contributed by atoms with Crippen LogP contribution in [-0.2, 0) is 15.7 Å². The quantitative estimate of drug-likeness (QED) is 0.415. The standard InChI is InChI=1S/C21H26ClFN4O3S/c1-11-7-18(26-20-16(12(2)25-4)5-6-17(23)19(11)20)27-31(29,30)15-9-13(21(3,24)28)8-14(22)10-15/h5-12,25-28H,24H2,1-4H3. The molecule has 0 saturated heterocycles. The van der Waals surface area contributed by atoms with E-state index >= 15 is 0 Å². The van der Waals surface area contributed by atoms with Crippen molar-refractivity contribution >= 4 is 27.3 Å². The number of benzene rings is 2. The van der Waals surface area contributed by atoms with Gasteiger partial charge in [0.2, 0.25) is 0 Å². The fourth-order valence-corrected chi connectivity index (χ4v) is 4.89. The molecule has 1 aliphatic rings. The minimum Gasteiger partial charge on any atom is -0.372 e. The largest absolute Gasteiger partial charge is 0.372 e. The van der Waals surface area contributed by atoms with E-state index in [2.05, 4.69) is 15.4 Å². The number of halogens is 2. The topological polar surface area (TPSA) is 116 Å². The molecule has 0 amide bonds. The monoisotopic (exact) mass is 468 g/mol. The summed E-state index contributed by atoms with van der Waals surface area (Å²) in [5.74, 6) is -0.557. The molecule has 10 heteroatoms. The molecule has 0 aliphatic carbocycles. The van der Waals surface area contributed by atoms with Crippen LogP contribution in [0.3, 0.4) is 0 Å². The number of nitrogens with one attached hydrogen (secondary N) is 3. The predicted octanol–water partition coefficient (Wildman–Crippen LogP) is 3.23. The highest BCUT2D eigenvalue weighted by Gasteiger charge is 2.28. The average molecular weight is 469 g/mol. The van der Waals surface area contributed by atoms with Gasteiger partial charge in [0.05, 0.1) is 10.6 Å². The van der Waals surface area contributed by atoms with Crippen molar-refractivity contribution in [2.24, 2.45) is 5.73 Å². The maximum Gasteiger partial charge on any atom is 0.263 e. The van der Waals surface area contributed by atoms with Crippen LogP contribution in [-0.4, -0.2) is 20.6 Å². The number of anilines is 1. The Balaban J connectivity index is 1.99. The Morgan fingerprint density at radius 1 is 1.32 bits per heavy atom. The summed E-state index contributed by atoms with van der Waals surface area (Å²) in [6.07, 6.45) is 1.60. The van der Waals surface area contributed by atoms with E-state index in [9.17, 15) is 17.9 Å². The molecule has 1 heterocycles. The Bertz CT molecular complexity index is 1150. The molecule has 6 N–H and O–H groups in total. The molecule has 2 aromatic rings. The van der Waals surface area contributed by atoms with Gasteiger partial charge < -0.3 is 21.5 Å².